The summed E-state index contributed by atoms with van der Waals surface area (Å²) < 4.78 is 7.64. The van der Waals surface area contributed by atoms with Gasteiger partial charge in [-0.25, -0.2) is 4.98 Å². The van der Waals surface area contributed by atoms with Crippen LogP contribution in [-0.4, -0.2) is 16.6 Å². The molecule has 3 aromatic rings. The van der Waals surface area contributed by atoms with E-state index >= 15 is 0 Å². The Morgan fingerprint density at radius 2 is 2.11 bits per heavy atom. The van der Waals surface area contributed by atoms with Crippen molar-refractivity contribution >= 4 is 11.0 Å². The highest BCUT2D eigenvalue weighted by Crippen LogP contribution is 2.19. The molecule has 3 rings (SSSR count). The Hall–Kier alpha value is -2.07. The Labute approximate surface area is 112 Å². The molecule has 4 nitrogen and oxygen atoms in total. The molecule has 0 aliphatic heterocycles. The Morgan fingerprint density at radius 1 is 1.26 bits per heavy atom. The Bertz CT molecular complexity index is 696. The van der Waals surface area contributed by atoms with Crippen LogP contribution in [0.5, 0.6) is 0 Å². The Morgan fingerprint density at radius 3 is 2.89 bits per heavy atom. The van der Waals surface area contributed by atoms with Gasteiger partial charge in [-0.3, -0.25) is 0 Å². The molecule has 19 heavy (non-hydrogen) atoms. The van der Waals surface area contributed by atoms with Gasteiger partial charge in [-0.1, -0.05) is 12.1 Å². The molecule has 1 aromatic carbocycles. The maximum absolute atomic E-state index is 5.49. The van der Waals surface area contributed by atoms with Crippen LogP contribution in [-0.2, 0) is 20.0 Å². The number of benzene rings is 1. The number of fused-ring (bicyclic) bond motifs is 1. The van der Waals surface area contributed by atoms with Gasteiger partial charge in [0.05, 0.1) is 23.8 Å². The van der Waals surface area contributed by atoms with Gasteiger partial charge in [-0.15, -0.1) is 0 Å². The van der Waals surface area contributed by atoms with Gasteiger partial charge in [-0.2, -0.15) is 0 Å². The maximum atomic E-state index is 5.49. The molecule has 4 heteroatoms. The summed E-state index contributed by atoms with van der Waals surface area (Å²) in [4.78, 5) is 4.69. The zero-order valence-electron chi connectivity index (χ0n) is 11.2. The molecular formula is C15H17N3O. The summed E-state index contributed by atoms with van der Waals surface area (Å²) in [5, 5.41) is 3.12. The van der Waals surface area contributed by atoms with Crippen molar-refractivity contribution in [1.29, 1.82) is 0 Å². The van der Waals surface area contributed by atoms with Gasteiger partial charge in [-0.05, 0) is 25.2 Å². The van der Waals surface area contributed by atoms with Crippen molar-refractivity contribution in [2.75, 3.05) is 7.05 Å². The minimum Gasteiger partial charge on any atom is -0.468 e. The van der Waals surface area contributed by atoms with Gasteiger partial charge < -0.3 is 14.3 Å². The largest absolute Gasteiger partial charge is 0.468 e. The van der Waals surface area contributed by atoms with Crippen LogP contribution in [0.2, 0.25) is 0 Å². The second kappa shape index (κ2) is 4.90. The minimum absolute atomic E-state index is 0.742. The van der Waals surface area contributed by atoms with Crippen LogP contribution in [0, 0.1) is 0 Å². The molecule has 2 aromatic heterocycles. The van der Waals surface area contributed by atoms with E-state index in [2.05, 4.69) is 28.0 Å². The Balaban J connectivity index is 1.96. The number of imidazole rings is 1. The van der Waals surface area contributed by atoms with Crippen LogP contribution in [0.1, 0.15) is 17.1 Å². The average molecular weight is 255 g/mol. The average Bonchev–Trinajstić information content (AvgIpc) is 2.98. The lowest BCUT2D eigenvalue weighted by molar-refractivity contribution is 0.491. The van der Waals surface area contributed by atoms with E-state index in [1.165, 1.54) is 5.56 Å². The van der Waals surface area contributed by atoms with E-state index in [0.29, 0.717) is 0 Å². The van der Waals surface area contributed by atoms with E-state index in [0.717, 1.165) is 35.6 Å². The van der Waals surface area contributed by atoms with Crippen LogP contribution in [0.3, 0.4) is 0 Å². The zero-order valence-corrected chi connectivity index (χ0v) is 11.2. The molecular weight excluding hydrogens is 238 g/mol. The fraction of sp³-hybridized carbons (Fsp3) is 0.267. The van der Waals surface area contributed by atoms with E-state index in [1.807, 2.05) is 31.3 Å². The van der Waals surface area contributed by atoms with Crippen molar-refractivity contribution in [3.05, 3.63) is 53.7 Å². The number of aromatic nitrogens is 2. The van der Waals surface area contributed by atoms with Crippen molar-refractivity contribution in [3.8, 4) is 0 Å². The second-order valence-corrected chi connectivity index (χ2v) is 4.65. The maximum Gasteiger partial charge on any atom is 0.121 e. The third-order valence-corrected chi connectivity index (χ3v) is 3.40. The van der Waals surface area contributed by atoms with Gasteiger partial charge in [0.2, 0.25) is 0 Å². The van der Waals surface area contributed by atoms with Crippen LogP contribution in [0.15, 0.2) is 41.0 Å². The summed E-state index contributed by atoms with van der Waals surface area (Å²) in [5.41, 5.74) is 3.39. The SMILES string of the molecule is CNCc1occc1Cc1nc2ccccc2n1C. The van der Waals surface area contributed by atoms with Crippen LogP contribution >= 0.6 is 0 Å². The van der Waals surface area contributed by atoms with Crippen molar-refractivity contribution in [2.45, 2.75) is 13.0 Å². The molecule has 0 unspecified atom stereocenters. The normalized spacial score (nSPS) is 11.3. The fourth-order valence-electron chi connectivity index (χ4n) is 2.36. The molecule has 0 aliphatic rings. The predicted octanol–water partition coefficient (Wildman–Crippen LogP) is 2.48. The molecule has 0 saturated heterocycles. The number of furan rings is 1. The van der Waals surface area contributed by atoms with Gasteiger partial charge in [0.15, 0.2) is 0 Å². The summed E-state index contributed by atoms with van der Waals surface area (Å²) in [7, 11) is 3.98. The lowest BCUT2D eigenvalue weighted by atomic mass is 10.1. The third-order valence-electron chi connectivity index (χ3n) is 3.40. The number of nitrogens with zero attached hydrogens (tertiary/aromatic N) is 2. The predicted molar refractivity (Wildman–Crippen MR) is 75.0 cm³/mol. The van der Waals surface area contributed by atoms with Crippen molar-refractivity contribution < 1.29 is 4.42 Å². The molecule has 0 spiro atoms. The van der Waals surface area contributed by atoms with Crippen LogP contribution < -0.4 is 5.32 Å². The highest BCUT2D eigenvalue weighted by atomic mass is 16.3. The highest BCUT2D eigenvalue weighted by Gasteiger charge is 2.11. The first-order chi connectivity index (χ1) is 9.29. The topological polar surface area (TPSA) is 43.0 Å². The Kier molecular flexibility index (Phi) is 3.09. The molecule has 0 fully saturated rings. The number of nitrogens with one attached hydrogen (secondary N) is 1. The second-order valence-electron chi connectivity index (χ2n) is 4.65. The van der Waals surface area contributed by atoms with Crippen LogP contribution in [0.25, 0.3) is 11.0 Å². The van der Waals surface area contributed by atoms with Gasteiger partial charge in [0, 0.05) is 19.0 Å². The first-order valence-electron chi connectivity index (χ1n) is 6.40. The quantitative estimate of drug-likeness (QED) is 0.779. The van der Waals surface area contributed by atoms with E-state index in [4.69, 9.17) is 4.42 Å². The summed E-state index contributed by atoms with van der Waals surface area (Å²) in [6.45, 7) is 0.742. The lowest BCUT2D eigenvalue weighted by Crippen LogP contribution is -2.07. The fourth-order valence-corrected chi connectivity index (χ4v) is 2.36. The number of para-hydroxylation sites is 2. The summed E-state index contributed by atoms with van der Waals surface area (Å²) in [6, 6.07) is 10.2. The molecule has 2 heterocycles. The molecule has 1 N–H and O–H groups in total. The molecule has 0 bridgehead atoms. The summed E-state index contributed by atoms with van der Waals surface area (Å²) >= 11 is 0. The third kappa shape index (κ3) is 2.15. The standard InChI is InChI=1S/C15H17N3O/c1-16-10-14-11(7-8-19-14)9-15-17-12-5-3-4-6-13(12)18(15)2/h3-8,16H,9-10H2,1-2H3. The zero-order chi connectivity index (χ0) is 13.2. The number of hydrogen-bond acceptors (Lipinski definition) is 3. The minimum atomic E-state index is 0.742. The van der Waals surface area contributed by atoms with Crippen molar-refractivity contribution in [1.82, 2.24) is 14.9 Å². The van der Waals surface area contributed by atoms with Gasteiger partial charge in [0.1, 0.15) is 11.6 Å². The molecule has 0 radical (unpaired) electrons. The highest BCUT2D eigenvalue weighted by molar-refractivity contribution is 5.75. The van der Waals surface area contributed by atoms with Crippen molar-refractivity contribution in [2.24, 2.45) is 7.05 Å². The van der Waals surface area contributed by atoms with Gasteiger partial charge >= 0.3 is 0 Å². The molecule has 0 amide bonds. The first kappa shape index (κ1) is 12.0. The van der Waals surface area contributed by atoms with E-state index in [-0.39, 0.29) is 0 Å². The molecule has 0 aliphatic carbocycles. The monoisotopic (exact) mass is 255 g/mol. The summed E-state index contributed by atoms with van der Waals surface area (Å²) in [6.07, 6.45) is 2.53. The number of hydrogen-bond donors (Lipinski definition) is 1. The summed E-state index contributed by atoms with van der Waals surface area (Å²) in [5.74, 6) is 2.04. The molecule has 0 saturated carbocycles. The van der Waals surface area contributed by atoms with Crippen LogP contribution in [0.4, 0.5) is 0 Å². The smallest absolute Gasteiger partial charge is 0.121 e. The van der Waals surface area contributed by atoms with Gasteiger partial charge in [0.25, 0.3) is 0 Å². The number of rotatable bonds is 4. The first-order valence-corrected chi connectivity index (χ1v) is 6.40. The lowest BCUT2D eigenvalue weighted by Gasteiger charge is -2.03. The molecule has 98 valence electrons. The van der Waals surface area contributed by atoms with E-state index < -0.39 is 0 Å². The number of aryl methyl sites for hydroxylation is 1. The van der Waals surface area contributed by atoms with Crippen molar-refractivity contribution in [3.63, 3.8) is 0 Å². The molecule has 0 atom stereocenters. The van der Waals surface area contributed by atoms with E-state index in [1.54, 1.807) is 6.26 Å². The van der Waals surface area contributed by atoms with E-state index in [9.17, 15) is 0 Å².